The van der Waals surface area contributed by atoms with Crippen LogP contribution >= 0.6 is 0 Å². The lowest BCUT2D eigenvalue weighted by Gasteiger charge is -2.09. The Morgan fingerprint density at radius 1 is 0.808 bits per heavy atom. The first-order valence-electron chi connectivity index (χ1n) is 10.6. The Bertz CT molecular complexity index is 594. The molecule has 1 heterocycles. The van der Waals surface area contributed by atoms with Crippen LogP contribution in [0.4, 0.5) is 5.69 Å². The summed E-state index contributed by atoms with van der Waals surface area (Å²) in [6, 6.07) is 10.4. The van der Waals surface area contributed by atoms with E-state index in [1.54, 1.807) is 0 Å². The monoisotopic (exact) mass is 356 g/mol. The minimum absolute atomic E-state index is 0.946. The van der Waals surface area contributed by atoms with Gasteiger partial charge in [0.1, 0.15) is 0 Å². The van der Waals surface area contributed by atoms with E-state index in [0.29, 0.717) is 0 Å². The zero-order valence-electron chi connectivity index (χ0n) is 16.5. The average Bonchev–Trinajstić information content (AvgIpc) is 2.68. The fourth-order valence-electron chi connectivity index (χ4n) is 3.24. The molecule has 3 nitrogen and oxygen atoms in total. The van der Waals surface area contributed by atoms with Crippen LogP contribution in [0.2, 0.25) is 0 Å². The molecule has 0 atom stereocenters. The minimum Gasteiger partial charge on any atom is -0.383 e. The summed E-state index contributed by atoms with van der Waals surface area (Å²) in [6.07, 6.45) is 14.7. The molecular weight excluding hydrogens is 320 g/mol. The first-order chi connectivity index (χ1) is 12.9. The number of pyridine rings is 1. The normalized spacial score (nSPS) is 11.1. The van der Waals surface area contributed by atoms with Crippen LogP contribution in [0.25, 0.3) is 10.9 Å². The van der Waals surface area contributed by atoms with Gasteiger partial charge >= 0.3 is 0 Å². The second kappa shape index (κ2) is 13.6. The van der Waals surface area contributed by atoms with Crippen molar-refractivity contribution < 1.29 is 4.74 Å². The number of ether oxygens (including phenoxy) is 1. The fourth-order valence-corrected chi connectivity index (χ4v) is 3.24. The molecule has 3 heteroatoms. The molecule has 0 fully saturated rings. The van der Waals surface area contributed by atoms with Crippen LogP contribution in [0.5, 0.6) is 0 Å². The number of hydrogen-bond donors (Lipinski definition) is 1. The van der Waals surface area contributed by atoms with Crippen molar-refractivity contribution in [2.75, 3.05) is 25.1 Å². The van der Waals surface area contributed by atoms with Gasteiger partial charge in [0, 0.05) is 31.3 Å². The lowest BCUT2D eigenvalue weighted by molar-refractivity contribution is 0.126. The number of hydrogen-bond acceptors (Lipinski definition) is 3. The third-order valence-electron chi connectivity index (χ3n) is 4.81. The molecule has 2 rings (SSSR count). The maximum Gasteiger partial charge on any atom is 0.0933 e. The van der Waals surface area contributed by atoms with E-state index in [1.807, 2.05) is 12.3 Å². The number of aromatic nitrogens is 1. The number of para-hydroxylation sites is 1. The van der Waals surface area contributed by atoms with E-state index in [-0.39, 0.29) is 0 Å². The molecule has 0 radical (unpaired) electrons. The van der Waals surface area contributed by atoms with Crippen molar-refractivity contribution in [3.05, 3.63) is 36.5 Å². The molecule has 0 aliphatic carbocycles. The molecule has 1 aromatic carbocycles. The van der Waals surface area contributed by atoms with Gasteiger partial charge < -0.3 is 10.1 Å². The molecule has 0 spiro atoms. The third-order valence-corrected chi connectivity index (χ3v) is 4.81. The summed E-state index contributed by atoms with van der Waals surface area (Å²) < 4.78 is 5.69. The molecule has 144 valence electrons. The van der Waals surface area contributed by atoms with Gasteiger partial charge in [0.05, 0.1) is 11.2 Å². The van der Waals surface area contributed by atoms with Crippen molar-refractivity contribution in [1.82, 2.24) is 4.98 Å². The largest absolute Gasteiger partial charge is 0.383 e. The smallest absolute Gasteiger partial charge is 0.0933 e. The second-order valence-electron chi connectivity index (χ2n) is 7.10. The summed E-state index contributed by atoms with van der Waals surface area (Å²) in [4.78, 5) is 4.49. The highest BCUT2D eigenvalue weighted by atomic mass is 16.5. The number of anilines is 1. The third kappa shape index (κ3) is 8.18. The summed E-state index contributed by atoms with van der Waals surface area (Å²) in [5.74, 6) is 0. The van der Waals surface area contributed by atoms with E-state index < -0.39 is 0 Å². The molecule has 1 aromatic heterocycles. The molecule has 0 bridgehead atoms. The fraction of sp³-hybridized carbons (Fsp3) is 0.609. The molecule has 26 heavy (non-hydrogen) atoms. The predicted molar refractivity (Wildman–Crippen MR) is 113 cm³/mol. The molecule has 0 aliphatic heterocycles. The van der Waals surface area contributed by atoms with Crippen LogP contribution in [-0.2, 0) is 4.74 Å². The zero-order valence-corrected chi connectivity index (χ0v) is 16.5. The molecule has 0 unspecified atom stereocenters. The predicted octanol–water partition coefficient (Wildman–Crippen LogP) is 6.58. The van der Waals surface area contributed by atoms with Gasteiger partial charge in [-0.3, -0.25) is 4.98 Å². The molecule has 1 N–H and O–H groups in total. The van der Waals surface area contributed by atoms with Crippen molar-refractivity contribution in [3.63, 3.8) is 0 Å². The van der Waals surface area contributed by atoms with Gasteiger partial charge in [-0.25, -0.2) is 0 Å². The Morgan fingerprint density at radius 2 is 1.50 bits per heavy atom. The number of benzene rings is 1. The molecule has 0 amide bonds. The lowest BCUT2D eigenvalue weighted by atomic mass is 10.1. The summed E-state index contributed by atoms with van der Waals surface area (Å²) in [6.45, 7) is 5.17. The van der Waals surface area contributed by atoms with E-state index >= 15 is 0 Å². The number of nitrogens with zero attached hydrogens (tertiary/aromatic N) is 1. The second-order valence-corrected chi connectivity index (χ2v) is 7.10. The molecular formula is C23H36N2O. The Balaban J connectivity index is 1.43. The quantitative estimate of drug-likeness (QED) is 0.366. The zero-order chi connectivity index (χ0) is 18.3. The van der Waals surface area contributed by atoms with Crippen LogP contribution in [0.3, 0.4) is 0 Å². The maximum atomic E-state index is 5.69. The van der Waals surface area contributed by atoms with Crippen molar-refractivity contribution in [1.29, 1.82) is 0 Å². The van der Waals surface area contributed by atoms with Gasteiger partial charge in [-0.05, 0) is 31.4 Å². The topological polar surface area (TPSA) is 34.1 Å². The first kappa shape index (κ1) is 20.7. The van der Waals surface area contributed by atoms with E-state index in [1.165, 1.54) is 69.6 Å². The van der Waals surface area contributed by atoms with E-state index in [9.17, 15) is 0 Å². The minimum atomic E-state index is 0.946. The number of rotatable bonds is 15. The van der Waals surface area contributed by atoms with Crippen molar-refractivity contribution in [2.45, 2.75) is 71.1 Å². The highest BCUT2D eigenvalue weighted by Gasteiger charge is 2.00. The highest BCUT2D eigenvalue weighted by Crippen LogP contribution is 2.20. The average molecular weight is 357 g/mol. The Morgan fingerprint density at radius 3 is 2.31 bits per heavy atom. The number of nitrogens with one attached hydrogen (secondary N) is 1. The maximum absolute atomic E-state index is 5.69. The Hall–Kier alpha value is -1.61. The van der Waals surface area contributed by atoms with Crippen molar-refractivity contribution in [3.8, 4) is 0 Å². The van der Waals surface area contributed by atoms with Crippen LogP contribution in [-0.4, -0.2) is 24.7 Å². The summed E-state index contributed by atoms with van der Waals surface area (Å²) in [5, 5.41) is 4.74. The van der Waals surface area contributed by atoms with Crippen LogP contribution < -0.4 is 5.32 Å². The van der Waals surface area contributed by atoms with E-state index in [2.05, 4.69) is 41.5 Å². The number of unbranched alkanes of at least 4 members (excludes halogenated alkanes) is 8. The first-order valence-corrected chi connectivity index (χ1v) is 10.6. The SMILES string of the molecule is CCCCCCOCCCCCCCCNc1cccc2cccnc12. The summed E-state index contributed by atoms with van der Waals surface area (Å²) in [7, 11) is 0. The molecule has 0 aliphatic rings. The summed E-state index contributed by atoms with van der Waals surface area (Å²) in [5.41, 5.74) is 2.23. The molecule has 0 saturated heterocycles. The van der Waals surface area contributed by atoms with Crippen molar-refractivity contribution >= 4 is 16.6 Å². The lowest BCUT2D eigenvalue weighted by Crippen LogP contribution is -2.02. The van der Waals surface area contributed by atoms with Gasteiger partial charge in [0.15, 0.2) is 0 Å². The summed E-state index contributed by atoms with van der Waals surface area (Å²) >= 11 is 0. The van der Waals surface area contributed by atoms with Gasteiger partial charge in [0.25, 0.3) is 0 Å². The van der Waals surface area contributed by atoms with Gasteiger partial charge in [-0.2, -0.15) is 0 Å². The standard InChI is InChI=1S/C23H36N2O/c1-2-3-4-10-19-26-20-11-8-6-5-7-9-17-24-22-16-12-14-21-15-13-18-25-23(21)22/h12-16,18,24H,2-11,17,19-20H2,1H3. The van der Waals surface area contributed by atoms with E-state index in [0.717, 1.165) is 31.0 Å². The van der Waals surface area contributed by atoms with Crippen LogP contribution in [0.15, 0.2) is 36.5 Å². The van der Waals surface area contributed by atoms with Crippen LogP contribution in [0.1, 0.15) is 71.1 Å². The Labute approximate surface area is 159 Å². The molecule has 0 saturated carbocycles. The van der Waals surface area contributed by atoms with Gasteiger partial charge in [-0.1, -0.05) is 70.1 Å². The van der Waals surface area contributed by atoms with Gasteiger partial charge in [0.2, 0.25) is 0 Å². The van der Waals surface area contributed by atoms with Crippen molar-refractivity contribution in [2.24, 2.45) is 0 Å². The van der Waals surface area contributed by atoms with Gasteiger partial charge in [-0.15, -0.1) is 0 Å². The van der Waals surface area contributed by atoms with Crippen LogP contribution in [0, 0.1) is 0 Å². The number of fused-ring (bicyclic) bond motifs is 1. The Kier molecular flexibility index (Phi) is 10.8. The van der Waals surface area contributed by atoms with E-state index in [4.69, 9.17) is 4.74 Å². The highest BCUT2D eigenvalue weighted by molar-refractivity contribution is 5.90. The molecule has 2 aromatic rings.